The van der Waals surface area contributed by atoms with E-state index in [-0.39, 0.29) is 56.9 Å². The zero-order chi connectivity index (χ0) is 31.6. The van der Waals surface area contributed by atoms with Gasteiger partial charge in [0.2, 0.25) is 0 Å². The molecule has 0 spiro atoms. The molecule has 3 atom stereocenters. The van der Waals surface area contributed by atoms with Crippen molar-refractivity contribution in [1.29, 1.82) is 0 Å². The van der Waals surface area contributed by atoms with Gasteiger partial charge in [-0.15, -0.1) is 0 Å². The average molecular weight is 625 g/mol. The van der Waals surface area contributed by atoms with Crippen molar-refractivity contribution in [3.05, 3.63) is 79.9 Å². The van der Waals surface area contributed by atoms with Crippen LogP contribution in [0.1, 0.15) is 36.8 Å². The van der Waals surface area contributed by atoms with Crippen LogP contribution >= 0.6 is 0 Å². The first kappa shape index (κ1) is 33.2. The molecule has 1 unspecified atom stereocenters. The number of carbonyl (C=O) groups excluding carboxylic acids is 2. The molecular weight excluding hydrogens is 592 g/mol. The summed E-state index contributed by atoms with van der Waals surface area (Å²) in [5.74, 6) is 0. The van der Waals surface area contributed by atoms with Gasteiger partial charge in [-0.2, -0.15) is 8.42 Å². The van der Waals surface area contributed by atoms with Gasteiger partial charge in [0.05, 0.1) is 34.9 Å². The molecule has 1 aliphatic heterocycles. The second kappa shape index (κ2) is 15.2. The number of hydrogen-bond acceptors (Lipinski definition) is 12. The van der Waals surface area contributed by atoms with Crippen molar-refractivity contribution >= 4 is 33.7 Å². The molecule has 0 radical (unpaired) electrons. The molecule has 1 saturated heterocycles. The Kier molecular flexibility index (Phi) is 11.7. The molecule has 2 aromatic carbocycles. The number of ether oxygens (including phenoxy) is 2. The third kappa shape index (κ3) is 11.1. The van der Waals surface area contributed by atoms with E-state index in [0.717, 1.165) is 6.26 Å². The first-order valence-electron chi connectivity index (χ1n) is 13.2. The fourth-order valence-corrected chi connectivity index (χ4v) is 5.05. The topological polar surface area (TPSA) is 218 Å². The van der Waals surface area contributed by atoms with Gasteiger partial charge in [0.1, 0.15) is 13.2 Å². The monoisotopic (exact) mass is 624 g/mol. The van der Waals surface area contributed by atoms with Gasteiger partial charge in [0, 0.05) is 36.9 Å². The quantitative estimate of drug-likeness (QED) is 0.176. The normalized spacial score (nSPS) is 17.2. The molecule has 0 aromatic heterocycles. The number of rotatable bonds is 14. The summed E-state index contributed by atoms with van der Waals surface area (Å²) in [5, 5.41) is 34.5. The Hall–Kier alpha value is -4.35. The minimum absolute atomic E-state index is 0.0465. The van der Waals surface area contributed by atoms with E-state index in [1.165, 1.54) is 53.4 Å². The van der Waals surface area contributed by atoms with Crippen molar-refractivity contribution in [2.45, 2.75) is 57.1 Å². The molecule has 17 heteroatoms. The minimum atomic E-state index is -3.79. The maximum absolute atomic E-state index is 12.9. The highest BCUT2D eigenvalue weighted by Crippen LogP contribution is 2.27. The lowest BCUT2D eigenvalue weighted by Gasteiger charge is -2.24. The number of aliphatic hydroxyl groups is 1. The average Bonchev–Trinajstić information content (AvgIpc) is 3.35. The maximum Gasteiger partial charge on any atom is 0.410 e. The Morgan fingerprint density at radius 1 is 0.977 bits per heavy atom. The molecule has 0 bridgehead atoms. The van der Waals surface area contributed by atoms with Gasteiger partial charge in [0.25, 0.3) is 21.5 Å². The highest BCUT2D eigenvalue weighted by atomic mass is 32.2. The molecule has 2 aromatic rings. The van der Waals surface area contributed by atoms with E-state index in [2.05, 4.69) is 5.32 Å². The summed E-state index contributed by atoms with van der Waals surface area (Å²) in [6.07, 6.45) is -1.32. The Morgan fingerprint density at radius 2 is 1.51 bits per heavy atom. The zero-order valence-electron chi connectivity index (χ0n) is 23.2. The number of benzene rings is 2. The number of nitrogens with one attached hydrogen (secondary N) is 1. The Bertz CT molecular complexity index is 1390. The third-order valence-corrected chi connectivity index (χ3v) is 7.15. The van der Waals surface area contributed by atoms with E-state index in [4.69, 9.17) is 13.7 Å². The molecule has 2 N–H and O–H groups in total. The highest BCUT2D eigenvalue weighted by molar-refractivity contribution is 7.86. The summed E-state index contributed by atoms with van der Waals surface area (Å²) in [5.41, 5.74) is 0.892. The summed E-state index contributed by atoms with van der Waals surface area (Å²) in [6, 6.07) is 10.5. The van der Waals surface area contributed by atoms with Crippen molar-refractivity contribution in [1.82, 2.24) is 10.2 Å². The third-order valence-electron chi connectivity index (χ3n) is 6.53. The van der Waals surface area contributed by atoms with E-state index in [0.29, 0.717) is 17.5 Å². The van der Waals surface area contributed by atoms with Crippen molar-refractivity contribution < 1.29 is 46.6 Å². The lowest BCUT2D eigenvalue weighted by molar-refractivity contribution is -0.385. The first-order chi connectivity index (χ1) is 20.3. The maximum atomic E-state index is 12.9. The number of carbonyl (C=O) groups is 2. The van der Waals surface area contributed by atoms with Gasteiger partial charge >= 0.3 is 12.2 Å². The lowest BCUT2D eigenvalue weighted by atomic mass is 10.0. The number of nitro benzene ring substituents is 2. The molecular formula is C26H32N4O12S. The van der Waals surface area contributed by atoms with E-state index < -0.39 is 50.4 Å². The lowest BCUT2D eigenvalue weighted by Crippen LogP contribution is -2.37. The fourth-order valence-electron chi connectivity index (χ4n) is 4.41. The number of alkyl carbamates (subject to hydrolysis) is 1. The second-order valence-electron chi connectivity index (χ2n) is 9.89. The molecule has 0 aliphatic carbocycles. The van der Waals surface area contributed by atoms with Gasteiger partial charge in [-0.1, -0.05) is 0 Å². The Balaban J connectivity index is 1.44. The first-order valence-corrected chi connectivity index (χ1v) is 15.0. The van der Waals surface area contributed by atoms with E-state index >= 15 is 0 Å². The molecule has 16 nitrogen and oxygen atoms in total. The fraction of sp³-hybridized carbons (Fsp3) is 0.462. The SMILES string of the molecule is CS(=O)(=O)O[C@@H]1C[C@H](CCC(O)CCNC(=O)OCc2ccc([N+](=O)[O-])cc2)N(C(=O)OCc2ccc([N+](=O)[O-])cc2)C1. The van der Waals surface area contributed by atoms with Gasteiger partial charge in [-0.25, -0.2) is 9.59 Å². The van der Waals surface area contributed by atoms with Crippen LogP contribution in [0.15, 0.2) is 48.5 Å². The van der Waals surface area contributed by atoms with Crippen LogP contribution in [0.3, 0.4) is 0 Å². The predicted molar refractivity (Wildman–Crippen MR) is 149 cm³/mol. The molecule has 234 valence electrons. The van der Waals surface area contributed by atoms with Gasteiger partial charge in [-0.05, 0) is 61.1 Å². The number of hydrogen-bond donors (Lipinski definition) is 2. The number of nitrogens with zero attached hydrogens (tertiary/aromatic N) is 3. The smallest absolute Gasteiger partial charge is 0.410 e. The summed E-state index contributed by atoms with van der Waals surface area (Å²) in [4.78, 5) is 46.6. The second-order valence-corrected chi connectivity index (χ2v) is 11.5. The van der Waals surface area contributed by atoms with Crippen LogP contribution in [0.4, 0.5) is 21.0 Å². The van der Waals surface area contributed by atoms with Crippen LogP contribution < -0.4 is 5.32 Å². The van der Waals surface area contributed by atoms with Crippen molar-refractivity contribution in [3.8, 4) is 0 Å². The molecule has 0 saturated carbocycles. The summed E-state index contributed by atoms with van der Waals surface area (Å²) >= 11 is 0. The van der Waals surface area contributed by atoms with Crippen LogP contribution in [-0.4, -0.2) is 78.1 Å². The van der Waals surface area contributed by atoms with Crippen molar-refractivity contribution in [2.24, 2.45) is 0 Å². The molecule has 3 rings (SSSR count). The summed E-state index contributed by atoms with van der Waals surface area (Å²) in [6.45, 7) is -0.214. The van der Waals surface area contributed by atoms with E-state index in [1.807, 2.05) is 0 Å². The Morgan fingerprint density at radius 3 is 2.02 bits per heavy atom. The Labute approximate surface area is 246 Å². The number of aliphatic hydroxyl groups excluding tert-OH is 1. The van der Waals surface area contributed by atoms with E-state index in [1.54, 1.807) is 0 Å². The number of non-ortho nitro benzene ring substituents is 2. The molecule has 2 amide bonds. The van der Waals surface area contributed by atoms with Crippen molar-refractivity contribution in [3.63, 3.8) is 0 Å². The molecule has 1 aliphatic rings. The number of nitro groups is 2. The van der Waals surface area contributed by atoms with Crippen LogP contribution in [0.5, 0.6) is 0 Å². The molecule has 43 heavy (non-hydrogen) atoms. The minimum Gasteiger partial charge on any atom is -0.445 e. The summed E-state index contributed by atoms with van der Waals surface area (Å²) < 4.78 is 38.8. The van der Waals surface area contributed by atoms with Crippen molar-refractivity contribution in [2.75, 3.05) is 19.3 Å². The van der Waals surface area contributed by atoms with Crippen LogP contribution in [0, 0.1) is 20.2 Å². The highest BCUT2D eigenvalue weighted by Gasteiger charge is 2.38. The van der Waals surface area contributed by atoms with Gasteiger partial charge in [0.15, 0.2) is 0 Å². The zero-order valence-corrected chi connectivity index (χ0v) is 24.0. The van der Waals surface area contributed by atoms with E-state index in [9.17, 15) is 43.3 Å². The largest absolute Gasteiger partial charge is 0.445 e. The van der Waals surface area contributed by atoms with Crippen LogP contribution in [-0.2, 0) is 37.0 Å². The summed E-state index contributed by atoms with van der Waals surface area (Å²) in [7, 11) is -3.79. The number of likely N-dealkylation sites (tertiary alicyclic amines) is 1. The number of amides is 2. The standard InChI is InChI=1S/C26H32N4O12S/c1-43(38,39)42-24-14-22(28(15-24)26(33)41-17-19-4-8-21(9-5-19)30(36)37)10-11-23(31)12-13-27-25(32)40-16-18-2-6-20(7-3-18)29(34)35/h2-9,22-24,31H,10-17H2,1H3,(H,27,32)/t22-,23?,24+/m0/s1. The van der Waals surface area contributed by atoms with Crippen LogP contribution in [0.25, 0.3) is 0 Å². The molecule has 1 heterocycles. The van der Waals surface area contributed by atoms with Crippen LogP contribution in [0.2, 0.25) is 0 Å². The predicted octanol–water partition coefficient (Wildman–Crippen LogP) is 3.02. The molecule has 1 fully saturated rings. The van der Waals surface area contributed by atoms with Gasteiger partial charge < -0.3 is 24.8 Å². The van der Waals surface area contributed by atoms with Gasteiger partial charge in [-0.3, -0.25) is 24.4 Å².